The van der Waals surface area contributed by atoms with Crippen molar-refractivity contribution >= 4 is 16.9 Å². The third kappa shape index (κ3) is 3.50. The summed E-state index contributed by atoms with van der Waals surface area (Å²) in [4.78, 5) is 9.07. The second-order valence-corrected chi connectivity index (χ2v) is 6.38. The first-order chi connectivity index (χ1) is 12.3. The van der Waals surface area contributed by atoms with E-state index in [-0.39, 0.29) is 6.10 Å². The zero-order chi connectivity index (χ0) is 17.1. The average Bonchev–Trinajstić information content (AvgIpc) is 3.11. The summed E-state index contributed by atoms with van der Waals surface area (Å²) in [6, 6.07) is 13.8. The summed E-state index contributed by atoms with van der Waals surface area (Å²) < 4.78 is 7.32. The third-order valence-corrected chi connectivity index (χ3v) is 4.74. The molecular weight excluding hydrogens is 316 g/mol. The lowest BCUT2D eigenvalue weighted by atomic mass is 9.94. The molecule has 1 aliphatic rings. The second-order valence-electron chi connectivity index (χ2n) is 6.38. The van der Waals surface area contributed by atoms with Gasteiger partial charge in [-0.15, -0.1) is 0 Å². The number of aliphatic hydroxyl groups excluding tert-OH is 1. The predicted molar refractivity (Wildman–Crippen MR) is 96.9 cm³/mol. The Labute approximate surface area is 146 Å². The largest absolute Gasteiger partial charge is 0.391 e. The van der Waals surface area contributed by atoms with Gasteiger partial charge in [0.2, 0.25) is 0 Å². The molecule has 0 bridgehead atoms. The molecular formula is C19H22N4O2. The molecule has 130 valence electrons. The first kappa shape index (κ1) is 16.1. The van der Waals surface area contributed by atoms with Crippen LogP contribution in [-0.4, -0.2) is 45.5 Å². The number of benzene rings is 1. The quantitative estimate of drug-likeness (QED) is 0.748. The van der Waals surface area contributed by atoms with Crippen LogP contribution in [0, 0.1) is 5.92 Å². The molecule has 0 saturated carbocycles. The monoisotopic (exact) mass is 338 g/mol. The summed E-state index contributed by atoms with van der Waals surface area (Å²) in [5, 5.41) is 13.6. The first-order valence-corrected chi connectivity index (χ1v) is 8.70. The van der Waals surface area contributed by atoms with Gasteiger partial charge in [-0.3, -0.25) is 4.57 Å². The summed E-state index contributed by atoms with van der Waals surface area (Å²) in [6.45, 7) is 1.97. The highest BCUT2D eigenvalue weighted by atomic mass is 16.5. The molecule has 6 nitrogen and oxygen atoms in total. The number of pyridine rings is 1. The molecule has 0 radical (unpaired) electrons. The van der Waals surface area contributed by atoms with Crippen molar-refractivity contribution in [2.75, 3.05) is 25.1 Å². The minimum atomic E-state index is -0.386. The Hall–Kier alpha value is -2.44. The number of anilines is 1. The van der Waals surface area contributed by atoms with Crippen LogP contribution in [-0.2, 0) is 4.74 Å². The number of nitrogens with one attached hydrogen (secondary N) is 1. The van der Waals surface area contributed by atoms with Gasteiger partial charge in [0.1, 0.15) is 18.0 Å². The van der Waals surface area contributed by atoms with Crippen LogP contribution in [0.2, 0.25) is 0 Å². The van der Waals surface area contributed by atoms with E-state index in [2.05, 4.69) is 15.3 Å². The van der Waals surface area contributed by atoms with Crippen LogP contribution >= 0.6 is 0 Å². The lowest BCUT2D eigenvalue weighted by Gasteiger charge is -2.27. The molecule has 1 saturated heterocycles. The van der Waals surface area contributed by atoms with Crippen molar-refractivity contribution in [3.8, 4) is 5.82 Å². The maximum Gasteiger partial charge on any atom is 0.140 e. The van der Waals surface area contributed by atoms with E-state index in [0.29, 0.717) is 12.5 Å². The van der Waals surface area contributed by atoms with Gasteiger partial charge in [-0.25, -0.2) is 9.97 Å². The molecule has 1 aliphatic heterocycles. The van der Waals surface area contributed by atoms with E-state index in [4.69, 9.17) is 4.74 Å². The summed E-state index contributed by atoms with van der Waals surface area (Å²) in [6.07, 6.45) is 3.23. The second kappa shape index (κ2) is 7.21. The Kier molecular flexibility index (Phi) is 4.63. The molecule has 25 heavy (non-hydrogen) atoms. The topological polar surface area (TPSA) is 72.2 Å². The Bertz CT molecular complexity index is 842. The van der Waals surface area contributed by atoms with E-state index < -0.39 is 0 Å². The minimum absolute atomic E-state index is 0.294. The van der Waals surface area contributed by atoms with Crippen LogP contribution < -0.4 is 5.32 Å². The van der Waals surface area contributed by atoms with Gasteiger partial charge in [0, 0.05) is 19.8 Å². The maximum absolute atomic E-state index is 10.4. The molecule has 3 heterocycles. The molecule has 3 aromatic rings. The van der Waals surface area contributed by atoms with Crippen molar-refractivity contribution in [3.05, 3.63) is 48.8 Å². The highest BCUT2D eigenvalue weighted by Gasteiger charge is 2.21. The van der Waals surface area contributed by atoms with Crippen molar-refractivity contribution in [1.82, 2.24) is 14.5 Å². The molecule has 1 fully saturated rings. The van der Waals surface area contributed by atoms with Crippen LogP contribution in [0.1, 0.15) is 12.8 Å². The normalized spacial score (nSPS) is 16.8. The molecule has 0 aliphatic carbocycles. The zero-order valence-electron chi connectivity index (χ0n) is 14.0. The van der Waals surface area contributed by atoms with Crippen LogP contribution in [0.5, 0.6) is 0 Å². The highest BCUT2D eigenvalue weighted by Crippen LogP contribution is 2.20. The fourth-order valence-electron chi connectivity index (χ4n) is 3.27. The number of rotatable bonds is 5. The van der Waals surface area contributed by atoms with E-state index in [9.17, 15) is 5.11 Å². The molecule has 4 rings (SSSR count). The molecule has 2 N–H and O–H groups in total. The van der Waals surface area contributed by atoms with E-state index in [0.717, 1.165) is 48.7 Å². The lowest BCUT2D eigenvalue weighted by molar-refractivity contribution is 0.0131. The number of para-hydroxylation sites is 2. The van der Waals surface area contributed by atoms with Gasteiger partial charge in [-0.1, -0.05) is 18.2 Å². The van der Waals surface area contributed by atoms with E-state index in [1.54, 1.807) is 6.33 Å². The van der Waals surface area contributed by atoms with Gasteiger partial charge in [-0.05, 0) is 43.0 Å². The standard InChI is InChI=1S/C19H22N4O2/c24-17(14-8-10-25-11-9-14)12-20-18-6-3-7-19(22-18)23-13-21-15-4-1-2-5-16(15)23/h1-7,13-14,17,24H,8-12H2,(H,20,22). The number of hydrogen-bond acceptors (Lipinski definition) is 5. The van der Waals surface area contributed by atoms with Gasteiger partial charge in [0.15, 0.2) is 0 Å². The molecule has 1 unspecified atom stereocenters. The fraction of sp³-hybridized carbons (Fsp3) is 0.368. The summed E-state index contributed by atoms with van der Waals surface area (Å²) in [5.74, 6) is 1.85. The number of aromatic nitrogens is 3. The van der Waals surface area contributed by atoms with Crippen LogP contribution in [0.3, 0.4) is 0 Å². The molecule has 1 aromatic carbocycles. The van der Waals surface area contributed by atoms with Crippen LogP contribution in [0.25, 0.3) is 16.9 Å². The van der Waals surface area contributed by atoms with Gasteiger partial charge in [-0.2, -0.15) is 0 Å². The van der Waals surface area contributed by atoms with Gasteiger partial charge >= 0.3 is 0 Å². The number of hydrogen-bond donors (Lipinski definition) is 2. The van der Waals surface area contributed by atoms with Crippen molar-refractivity contribution in [2.24, 2.45) is 5.92 Å². The van der Waals surface area contributed by atoms with Crippen LogP contribution in [0.15, 0.2) is 48.8 Å². The molecule has 0 spiro atoms. The number of ether oxygens (including phenoxy) is 1. The summed E-state index contributed by atoms with van der Waals surface area (Å²) >= 11 is 0. The smallest absolute Gasteiger partial charge is 0.140 e. The molecule has 2 aromatic heterocycles. The fourth-order valence-corrected chi connectivity index (χ4v) is 3.27. The van der Waals surface area contributed by atoms with Crippen LogP contribution in [0.4, 0.5) is 5.82 Å². The van der Waals surface area contributed by atoms with Crippen molar-refractivity contribution < 1.29 is 9.84 Å². The first-order valence-electron chi connectivity index (χ1n) is 8.70. The summed E-state index contributed by atoms with van der Waals surface area (Å²) in [7, 11) is 0. The third-order valence-electron chi connectivity index (χ3n) is 4.74. The van der Waals surface area contributed by atoms with Crippen molar-refractivity contribution in [2.45, 2.75) is 18.9 Å². The molecule has 6 heteroatoms. The van der Waals surface area contributed by atoms with Gasteiger partial charge in [0.25, 0.3) is 0 Å². The number of nitrogens with zero attached hydrogens (tertiary/aromatic N) is 3. The summed E-state index contributed by atoms with van der Waals surface area (Å²) in [5.41, 5.74) is 1.96. The number of imidazole rings is 1. The predicted octanol–water partition coefficient (Wildman–Crippen LogP) is 2.62. The van der Waals surface area contributed by atoms with Crippen molar-refractivity contribution in [3.63, 3.8) is 0 Å². The highest BCUT2D eigenvalue weighted by molar-refractivity contribution is 5.76. The lowest BCUT2D eigenvalue weighted by Crippen LogP contribution is -2.32. The van der Waals surface area contributed by atoms with Gasteiger partial charge < -0.3 is 15.2 Å². The van der Waals surface area contributed by atoms with Crippen molar-refractivity contribution in [1.29, 1.82) is 0 Å². The number of fused-ring (bicyclic) bond motifs is 1. The Morgan fingerprint density at radius 2 is 2.00 bits per heavy atom. The van der Waals surface area contributed by atoms with E-state index >= 15 is 0 Å². The minimum Gasteiger partial charge on any atom is -0.391 e. The Morgan fingerprint density at radius 1 is 1.16 bits per heavy atom. The SMILES string of the molecule is OC(CNc1cccc(-n2cnc3ccccc32)n1)C1CCOCC1. The Morgan fingerprint density at radius 3 is 2.88 bits per heavy atom. The number of aliphatic hydroxyl groups is 1. The molecule has 0 amide bonds. The maximum atomic E-state index is 10.4. The van der Waals surface area contributed by atoms with E-state index in [1.165, 1.54) is 0 Å². The average molecular weight is 338 g/mol. The van der Waals surface area contributed by atoms with Gasteiger partial charge in [0.05, 0.1) is 17.1 Å². The Balaban J connectivity index is 1.48. The zero-order valence-corrected chi connectivity index (χ0v) is 14.0. The molecule has 1 atom stereocenters. The van der Waals surface area contributed by atoms with E-state index in [1.807, 2.05) is 47.0 Å².